The normalized spacial score (nSPS) is 19.9. The van der Waals surface area contributed by atoms with Crippen molar-refractivity contribution >= 4 is 0 Å². The molecule has 0 amide bonds. The molecule has 0 atom stereocenters. The minimum Gasteiger partial charge on any atom is -0.403 e. The van der Waals surface area contributed by atoms with Crippen LogP contribution in [0.1, 0.15) is 88.7 Å². The number of ether oxygens (including phenoxy) is 1. The molecule has 2 aromatic rings. The number of unbranched alkanes of at least 4 members (excludes halogenated alkanes) is 3. The van der Waals surface area contributed by atoms with Crippen LogP contribution >= 0.6 is 0 Å². The average molecular weight is 521 g/mol. The molecule has 0 bridgehead atoms. The molecule has 0 heterocycles. The van der Waals surface area contributed by atoms with Gasteiger partial charge in [0.25, 0.3) is 0 Å². The van der Waals surface area contributed by atoms with Gasteiger partial charge in [-0.05, 0) is 78.5 Å². The lowest BCUT2D eigenvalue weighted by Gasteiger charge is -2.29. The Morgan fingerprint density at radius 3 is 2.24 bits per heavy atom. The second-order valence-corrected chi connectivity index (χ2v) is 10.8. The summed E-state index contributed by atoms with van der Waals surface area (Å²) in [5, 5.41) is 0. The van der Waals surface area contributed by atoms with Crippen LogP contribution in [0.15, 0.2) is 42.0 Å². The van der Waals surface area contributed by atoms with E-state index in [2.05, 4.69) is 17.7 Å². The average Bonchev–Trinajstić information content (AvgIpc) is 2.86. The summed E-state index contributed by atoms with van der Waals surface area (Å²) in [5.41, 5.74) is 3.62. The highest BCUT2D eigenvalue weighted by Gasteiger charge is 2.32. The standard InChI is InChI=1S/C31H37F5O/c1-2-3-4-5-6-21-7-9-22(10-8-21)11-12-23-13-14-24-18-27(28(32)20-26(24)17-23)25-15-16-30(29(33)19-25)37-31(34,35)36/h13,15-16,18-22H,2-12,14,17H2,1H3. The monoisotopic (exact) mass is 520 g/mol. The molecular weight excluding hydrogens is 483 g/mol. The van der Waals surface area contributed by atoms with Gasteiger partial charge in [0.05, 0.1) is 0 Å². The number of alkyl halides is 3. The van der Waals surface area contributed by atoms with Gasteiger partial charge in [0, 0.05) is 5.56 Å². The molecule has 0 spiro atoms. The third kappa shape index (κ3) is 7.81. The van der Waals surface area contributed by atoms with Gasteiger partial charge in [0.2, 0.25) is 0 Å². The molecule has 6 heteroatoms. The molecule has 0 N–H and O–H groups in total. The fourth-order valence-corrected chi connectivity index (χ4v) is 5.93. The van der Waals surface area contributed by atoms with Crippen LogP contribution in [-0.4, -0.2) is 6.36 Å². The summed E-state index contributed by atoms with van der Waals surface area (Å²) in [6, 6.07) is 6.21. The van der Waals surface area contributed by atoms with Crippen molar-refractivity contribution in [2.45, 2.75) is 96.8 Å². The number of rotatable bonds is 10. The summed E-state index contributed by atoms with van der Waals surface area (Å²) < 4.78 is 70.1. The molecule has 4 rings (SSSR count). The van der Waals surface area contributed by atoms with Gasteiger partial charge in [-0.3, -0.25) is 0 Å². The van der Waals surface area contributed by atoms with Crippen LogP contribution in [0.2, 0.25) is 0 Å². The lowest BCUT2D eigenvalue weighted by atomic mass is 9.77. The molecule has 1 fully saturated rings. The fourth-order valence-electron chi connectivity index (χ4n) is 5.93. The van der Waals surface area contributed by atoms with Crippen molar-refractivity contribution in [3.8, 4) is 16.9 Å². The SMILES string of the molecule is CCCCCCC1CCC(CCC2=CCc3cc(-c4ccc(OC(F)(F)F)c(F)c4)c(F)cc3C2)CC1. The van der Waals surface area contributed by atoms with E-state index in [1.807, 2.05) is 0 Å². The van der Waals surface area contributed by atoms with E-state index < -0.39 is 23.7 Å². The molecule has 0 radical (unpaired) electrons. The van der Waals surface area contributed by atoms with Crippen molar-refractivity contribution in [3.05, 3.63) is 64.7 Å². The van der Waals surface area contributed by atoms with Crippen LogP contribution in [0.5, 0.6) is 5.75 Å². The Labute approximate surface area is 217 Å². The lowest BCUT2D eigenvalue weighted by Crippen LogP contribution is -2.17. The first-order valence-electron chi connectivity index (χ1n) is 13.8. The van der Waals surface area contributed by atoms with Gasteiger partial charge in [-0.2, -0.15) is 0 Å². The molecule has 0 aromatic heterocycles. The zero-order chi connectivity index (χ0) is 26.4. The highest BCUT2D eigenvalue weighted by atomic mass is 19.4. The number of fused-ring (bicyclic) bond motifs is 1. The second kappa shape index (κ2) is 12.4. The van der Waals surface area contributed by atoms with E-state index in [1.165, 1.54) is 81.9 Å². The Kier molecular flexibility index (Phi) is 9.31. The van der Waals surface area contributed by atoms with Crippen LogP contribution in [0.3, 0.4) is 0 Å². The van der Waals surface area contributed by atoms with Gasteiger partial charge in [0.1, 0.15) is 5.82 Å². The second-order valence-electron chi connectivity index (χ2n) is 10.8. The molecule has 2 aliphatic rings. The largest absolute Gasteiger partial charge is 0.573 e. The van der Waals surface area contributed by atoms with Crippen LogP contribution in [-0.2, 0) is 12.8 Å². The Balaban J connectivity index is 1.31. The molecule has 37 heavy (non-hydrogen) atoms. The predicted octanol–water partition coefficient (Wildman–Crippen LogP) is 10.1. The fraction of sp³-hybridized carbons (Fsp3) is 0.548. The van der Waals surface area contributed by atoms with Crippen LogP contribution in [0.4, 0.5) is 22.0 Å². The Morgan fingerprint density at radius 2 is 1.57 bits per heavy atom. The first-order chi connectivity index (χ1) is 17.7. The van der Waals surface area contributed by atoms with Gasteiger partial charge in [-0.25, -0.2) is 8.78 Å². The minimum atomic E-state index is -4.99. The van der Waals surface area contributed by atoms with Gasteiger partial charge in [-0.15, -0.1) is 13.2 Å². The molecule has 1 nitrogen and oxygen atoms in total. The Hall–Kier alpha value is -2.37. The maximum absolute atomic E-state index is 15.0. The van der Waals surface area contributed by atoms with Crippen LogP contribution < -0.4 is 4.74 Å². The molecule has 2 aromatic carbocycles. The van der Waals surface area contributed by atoms with Crippen molar-refractivity contribution < 1.29 is 26.7 Å². The van der Waals surface area contributed by atoms with E-state index in [1.54, 1.807) is 6.07 Å². The lowest BCUT2D eigenvalue weighted by molar-refractivity contribution is -0.275. The van der Waals surface area contributed by atoms with Gasteiger partial charge >= 0.3 is 6.36 Å². The third-order valence-electron chi connectivity index (χ3n) is 8.09. The zero-order valence-electron chi connectivity index (χ0n) is 21.6. The van der Waals surface area contributed by atoms with Crippen molar-refractivity contribution in [2.24, 2.45) is 11.8 Å². The molecule has 1 saturated carbocycles. The topological polar surface area (TPSA) is 9.23 Å². The number of benzene rings is 2. The van der Waals surface area contributed by atoms with Crippen molar-refractivity contribution in [3.63, 3.8) is 0 Å². The number of allylic oxidation sites excluding steroid dienone is 2. The van der Waals surface area contributed by atoms with E-state index in [-0.39, 0.29) is 11.1 Å². The number of halogens is 5. The van der Waals surface area contributed by atoms with Crippen molar-refractivity contribution in [2.75, 3.05) is 0 Å². The van der Waals surface area contributed by atoms with Crippen LogP contribution in [0.25, 0.3) is 11.1 Å². The molecule has 2 aliphatic carbocycles. The first kappa shape index (κ1) is 27.7. The Bertz CT molecular complexity index is 1080. The van der Waals surface area contributed by atoms with E-state index in [0.29, 0.717) is 12.8 Å². The summed E-state index contributed by atoms with van der Waals surface area (Å²) in [6.45, 7) is 2.25. The van der Waals surface area contributed by atoms with Gasteiger partial charge in [-0.1, -0.05) is 82.4 Å². The molecule has 0 aliphatic heterocycles. The maximum Gasteiger partial charge on any atom is 0.573 e. The number of hydrogen-bond donors (Lipinski definition) is 0. The zero-order valence-corrected chi connectivity index (χ0v) is 21.6. The van der Waals surface area contributed by atoms with Crippen molar-refractivity contribution in [1.29, 1.82) is 0 Å². The predicted molar refractivity (Wildman–Crippen MR) is 137 cm³/mol. The highest BCUT2D eigenvalue weighted by Crippen LogP contribution is 2.37. The van der Waals surface area contributed by atoms with E-state index in [4.69, 9.17) is 0 Å². The van der Waals surface area contributed by atoms with Gasteiger partial charge < -0.3 is 4.74 Å². The van der Waals surface area contributed by atoms with Crippen molar-refractivity contribution in [1.82, 2.24) is 0 Å². The Morgan fingerprint density at radius 1 is 0.838 bits per heavy atom. The first-order valence-corrected chi connectivity index (χ1v) is 13.8. The third-order valence-corrected chi connectivity index (χ3v) is 8.09. The highest BCUT2D eigenvalue weighted by molar-refractivity contribution is 5.67. The molecule has 202 valence electrons. The van der Waals surface area contributed by atoms with E-state index in [0.717, 1.165) is 41.5 Å². The molecule has 0 saturated heterocycles. The van der Waals surface area contributed by atoms with Crippen LogP contribution in [0, 0.1) is 23.5 Å². The van der Waals surface area contributed by atoms with E-state index >= 15 is 0 Å². The smallest absolute Gasteiger partial charge is 0.403 e. The number of hydrogen-bond acceptors (Lipinski definition) is 1. The van der Waals surface area contributed by atoms with E-state index in [9.17, 15) is 22.0 Å². The summed E-state index contributed by atoms with van der Waals surface area (Å²) in [5.74, 6) is -0.913. The quantitative estimate of drug-likeness (QED) is 0.172. The molecule has 0 unspecified atom stereocenters. The summed E-state index contributed by atoms with van der Waals surface area (Å²) in [6.07, 6.45) is 13.0. The molecular formula is C31H37F5O. The van der Waals surface area contributed by atoms with Gasteiger partial charge in [0.15, 0.2) is 11.6 Å². The summed E-state index contributed by atoms with van der Waals surface area (Å²) >= 11 is 0. The summed E-state index contributed by atoms with van der Waals surface area (Å²) in [7, 11) is 0. The minimum absolute atomic E-state index is 0.180. The maximum atomic E-state index is 15.0. The summed E-state index contributed by atoms with van der Waals surface area (Å²) in [4.78, 5) is 0.